The van der Waals surface area contributed by atoms with E-state index < -0.39 is 0 Å². The summed E-state index contributed by atoms with van der Waals surface area (Å²) in [5.74, 6) is -0.373. The molecule has 0 bridgehead atoms. The van der Waals surface area contributed by atoms with Crippen LogP contribution in [0.3, 0.4) is 0 Å². The zero-order chi connectivity index (χ0) is 17.5. The topological polar surface area (TPSA) is 49.4 Å². The molecule has 0 atom stereocenters. The third-order valence-electron chi connectivity index (χ3n) is 3.48. The summed E-state index contributed by atoms with van der Waals surface area (Å²) in [6, 6.07) is 13.5. The third kappa shape index (κ3) is 4.83. The molecule has 2 aromatic carbocycles. The number of benzene rings is 2. The van der Waals surface area contributed by atoms with Crippen LogP contribution in [0.5, 0.6) is 0 Å². The van der Waals surface area contributed by atoms with E-state index in [0.29, 0.717) is 17.0 Å². The Labute approximate surface area is 145 Å². The van der Waals surface area contributed by atoms with E-state index in [1.807, 2.05) is 12.1 Å². The number of hydrogen-bond donors (Lipinski definition) is 1. The number of rotatable bonds is 6. The Morgan fingerprint density at radius 1 is 1.12 bits per heavy atom. The van der Waals surface area contributed by atoms with Crippen LogP contribution in [0.1, 0.15) is 15.9 Å². The van der Waals surface area contributed by atoms with Gasteiger partial charge in [-0.1, -0.05) is 24.3 Å². The van der Waals surface area contributed by atoms with E-state index in [2.05, 4.69) is 5.32 Å². The first-order valence-corrected chi connectivity index (χ1v) is 8.42. The first-order chi connectivity index (χ1) is 11.5. The van der Waals surface area contributed by atoms with Crippen LogP contribution in [-0.4, -0.2) is 36.6 Å². The Balaban J connectivity index is 1.89. The summed E-state index contributed by atoms with van der Waals surface area (Å²) >= 11 is 1.18. The van der Waals surface area contributed by atoms with E-state index in [4.69, 9.17) is 0 Å². The van der Waals surface area contributed by atoms with Gasteiger partial charge in [-0.25, -0.2) is 4.39 Å². The molecule has 0 aromatic heterocycles. The predicted octanol–water partition coefficient (Wildman–Crippen LogP) is 2.94. The van der Waals surface area contributed by atoms with Crippen LogP contribution in [0.15, 0.2) is 53.4 Å². The summed E-state index contributed by atoms with van der Waals surface area (Å²) in [5.41, 5.74) is 1.50. The number of carbonyl (C=O) groups excluding carboxylic acids is 2. The molecule has 4 nitrogen and oxygen atoms in total. The van der Waals surface area contributed by atoms with E-state index >= 15 is 0 Å². The maximum Gasteiger partial charge on any atom is 0.251 e. The molecule has 0 unspecified atom stereocenters. The van der Waals surface area contributed by atoms with Gasteiger partial charge in [0.1, 0.15) is 5.82 Å². The smallest absolute Gasteiger partial charge is 0.251 e. The summed E-state index contributed by atoms with van der Waals surface area (Å²) in [6.07, 6.45) is 0. The summed E-state index contributed by atoms with van der Waals surface area (Å²) in [6.45, 7) is 0.435. The summed E-state index contributed by atoms with van der Waals surface area (Å²) in [4.78, 5) is 25.7. The highest BCUT2D eigenvalue weighted by Crippen LogP contribution is 2.21. The molecule has 0 aliphatic heterocycles. The summed E-state index contributed by atoms with van der Waals surface area (Å²) in [5, 5.41) is 2.56. The van der Waals surface area contributed by atoms with Crippen LogP contribution >= 0.6 is 11.8 Å². The van der Waals surface area contributed by atoms with Crippen molar-refractivity contribution in [3.8, 4) is 0 Å². The van der Waals surface area contributed by atoms with Crippen molar-refractivity contribution in [3.05, 3.63) is 65.5 Å². The van der Waals surface area contributed by atoms with Gasteiger partial charge in [0.05, 0.1) is 5.75 Å². The Bertz CT molecular complexity index is 719. The van der Waals surface area contributed by atoms with Gasteiger partial charge in [-0.15, -0.1) is 11.8 Å². The average molecular weight is 346 g/mol. The SMILES string of the molecule is CNC(=O)c1ccc(CN(C)C(=O)CSc2ccccc2F)cc1. The maximum atomic E-state index is 13.5. The molecule has 2 amide bonds. The maximum absolute atomic E-state index is 13.5. The molecule has 2 aromatic rings. The Morgan fingerprint density at radius 2 is 1.79 bits per heavy atom. The average Bonchev–Trinajstić information content (AvgIpc) is 2.60. The molecule has 0 saturated heterocycles. The number of thioether (sulfide) groups is 1. The van der Waals surface area contributed by atoms with Crippen molar-refractivity contribution in [3.63, 3.8) is 0 Å². The fourth-order valence-corrected chi connectivity index (χ4v) is 2.96. The van der Waals surface area contributed by atoms with Gasteiger partial charge in [0.15, 0.2) is 0 Å². The first-order valence-electron chi connectivity index (χ1n) is 7.43. The summed E-state index contributed by atoms with van der Waals surface area (Å²) < 4.78 is 13.5. The lowest BCUT2D eigenvalue weighted by atomic mass is 10.1. The molecule has 126 valence electrons. The third-order valence-corrected chi connectivity index (χ3v) is 4.51. The second kappa shape index (κ2) is 8.49. The van der Waals surface area contributed by atoms with E-state index in [-0.39, 0.29) is 23.4 Å². The largest absolute Gasteiger partial charge is 0.355 e. The van der Waals surface area contributed by atoms with Gasteiger partial charge in [-0.3, -0.25) is 9.59 Å². The molecule has 0 saturated carbocycles. The fourth-order valence-electron chi connectivity index (χ4n) is 2.08. The van der Waals surface area contributed by atoms with Crippen LogP contribution in [-0.2, 0) is 11.3 Å². The van der Waals surface area contributed by atoms with Crippen molar-refractivity contribution in [1.29, 1.82) is 0 Å². The second-order valence-electron chi connectivity index (χ2n) is 5.24. The molecule has 6 heteroatoms. The van der Waals surface area contributed by atoms with Crippen LogP contribution in [0.25, 0.3) is 0 Å². The first kappa shape index (κ1) is 18.0. The van der Waals surface area contributed by atoms with Crippen molar-refractivity contribution >= 4 is 23.6 Å². The van der Waals surface area contributed by atoms with Gasteiger partial charge in [0.25, 0.3) is 5.91 Å². The molecule has 0 aliphatic carbocycles. The highest BCUT2D eigenvalue weighted by Gasteiger charge is 2.12. The van der Waals surface area contributed by atoms with E-state index in [1.54, 1.807) is 49.3 Å². The molecule has 0 fully saturated rings. The second-order valence-corrected chi connectivity index (χ2v) is 6.26. The highest BCUT2D eigenvalue weighted by atomic mass is 32.2. The molecule has 0 radical (unpaired) electrons. The molecule has 24 heavy (non-hydrogen) atoms. The predicted molar refractivity (Wildman–Crippen MR) is 93.4 cm³/mol. The lowest BCUT2D eigenvalue weighted by Crippen LogP contribution is -2.27. The van der Waals surface area contributed by atoms with Crippen LogP contribution in [0.2, 0.25) is 0 Å². The van der Waals surface area contributed by atoms with Crippen LogP contribution in [0.4, 0.5) is 4.39 Å². The summed E-state index contributed by atoms with van der Waals surface area (Å²) in [7, 11) is 3.28. The van der Waals surface area contributed by atoms with Crippen molar-refractivity contribution in [2.45, 2.75) is 11.4 Å². The minimum Gasteiger partial charge on any atom is -0.355 e. The fraction of sp³-hybridized carbons (Fsp3) is 0.222. The molecule has 1 N–H and O–H groups in total. The van der Waals surface area contributed by atoms with Crippen LogP contribution < -0.4 is 5.32 Å². The van der Waals surface area contributed by atoms with E-state index in [1.165, 1.54) is 17.8 Å². The van der Waals surface area contributed by atoms with Gasteiger partial charge in [-0.05, 0) is 29.8 Å². The zero-order valence-electron chi connectivity index (χ0n) is 13.6. The number of hydrogen-bond acceptors (Lipinski definition) is 3. The number of carbonyl (C=O) groups is 2. The monoisotopic (exact) mass is 346 g/mol. The minimum absolute atomic E-state index is 0.0846. The quantitative estimate of drug-likeness (QED) is 0.818. The number of nitrogens with one attached hydrogen (secondary N) is 1. The minimum atomic E-state index is -0.317. The van der Waals surface area contributed by atoms with Crippen molar-refractivity contribution in [2.24, 2.45) is 0 Å². The lowest BCUT2D eigenvalue weighted by Gasteiger charge is -2.17. The molecule has 0 spiro atoms. The van der Waals surface area contributed by atoms with Crippen molar-refractivity contribution in [1.82, 2.24) is 10.2 Å². The number of nitrogens with zero attached hydrogens (tertiary/aromatic N) is 1. The van der Waals surface area contributed by atoms with Crippen molar-refractivity contribution in [2.75, 3.05) is 19.8 Å². The Morgan fingerprint density at radius 3 is 2.42 bits per heavy atom. The van der Waals surface area contributed by atoms with Crippen molar-refractivity contribution < 1.29 is 14.0 Å². The van der Waals surface area contributed by atoms with Gasteiger partial charge < -0.3 is 10.2 Å². The van der Waals surface area contributed by atoms with E-state index in [0.717, 1.165) is 5.56 Å². The Kier molecular flexibility index (Phi) is 6.37. The Hall–Kier alpha value is -2.34. The number of halogens is 1. The number of amides is 2. The van der Waals surface area contributed by atoms with Gasteiger partial charge in [-0.2, -0.15) is 0 Å². The molecular formula is C18H19FN2O2S. The normalized spacial score (nSPS) is 10.3. The lowest BCUT2D eigenvalue weighted by molar-refractivity contribution is -0.127. The van der Waals surface area contributed by atoms with E-state index in [9.17, 15) is 14.0 Å². The van der Waals surface area contributed by atoms with Gasteiger partial charge in [0, 0.05) is 31.1 Å². The zero-order valence-corrected chi connectivity index (χ0v) is 14.4. The van der Waals surface area contributed by atoms with Gasteiger partial charge >= 0.3 is 0 Å². The highest BCUT2D eigenvalue weighted by molar-refractivity contribution is 8.00. The molecule has 2 rings (SSSR count). The standard InChI is InChI=1S/C18H19FN2O2S/c1-20-18(23)14-9-7-13(8-10-14)11-21(2)17(22)12-24-16-6-4-3-5-15(16)19/h3-10H,11-12H2,1-2H3,(H,20,23). The van der Waals surface area contributed by atoms with Gasteiger partial charge in [0.2, 0.25) is 5.91 Å². The molecule has 0 aliphatic rings. The molecular weight excluding hydrogens is 327 g/mol. The molecule has 0 heterocycles. The van der Waals surface area contributed by atoms with Crippen LogP contribution in [0, 0.1) is 5.82 Å².